The van der Waals surface area contributed by atoms with Crippen molar-refractivity contribution < 1.29 is 18.0 Å². The first kappa shape index (κ1) is 15.3. The lowest BCUT2D eigenvalue weighted by molar-refractivity contribution is -0.136. The summed E-state index contributed by atoms with van der Waals surface area (Å²) in [4.78, 5) is 15.4. The third-order valence-corrected chi connectivity index (χ3v) is 2.28. The first-order valence-electron chi connectivity index (χ1n) is 5.89. The van der Waals surface area contributed by atoms with Crippen LogP contribution in [0.2, 0.25) is 0 Å². The topological polar surface area (TPSA) is 54.0 Å². The van der Waals surface area contributed by atoms with E-state index in [9.17, 15) is 18.0 Å². The summed E-state index contributed by atoms with van der Waals surface area (Å²) in [5.74, 6) is -0.352. The third kappa shape index (κ3) is 5.58. The van der Waals surface area contributed by atoms with Gasteiger partial charge in [0.25, 0.3) is 5.91 Å². The Morgan fingerprint density at radius 1 is 1.47 bits per heavy atom. The van der Waals surface area contributed by atoms with E-state index in [2.05, 4.69) is 15.6 Å². The minimum Gasteiger partial charge on any atom is -0.382 e. The van der Waals surface area contributed by atoms with Gasteiger partial charge in [-0.05, 0) is 26.0 Å². The molecule has 1 aromatic heterocycles. The second kappa shape index (κ2) is 6.40. The molecule has 2 N–H and O–H groups in total. The molecule has 0 aliphatic rings. The highest BCUT2D eigenvalue weighted by Crippen LogP contribution is 2.23. The minimum atomic E-state index is -4.22. The number of halogens is 3. The van der Waals surface area contributed by atoms with Gasteiger partial charge in [0.15, 0.2) is 0 Å². The second-order valence-corrected chi connectivity index (χ2v) is 4.15. The van der Waals surface area contributed by atoms with Gasteiger partial charge in [-0.25, -0.2) is 0 Å². The molecule has 0 radical (unpaired) electrons. The van der Waals surface area contributed by atoms with E-state index in [1.807, 2.05) is 0 Å². The van der Waals surface area contributed by atoms with Crippen LogP contribution in [-0.4, -0.2) is 29.7 Å². The lowest BCUT2D eigenvalue weighted by Gasteiger charge is -2.17. The molecular formula is C12H16F3N3O. The average molecular weight is 275 g/mol. The fourth-order valence-corrected chi connectivity index (χ4v) is 1.58. The number of anilines is 1. The van der Waals surface area contributed by atoms with Crippen LogP contribution in [0.4, 0.5) is 18.9 Å². The van der Waals surface area contributed by atoms with Crippen LogP contribution >= 0.6 is 0 Å². The summed E-state index contributed by atoms with van der Waals surface area (Å²) in [6.07, 6.45) is -3.78. The van der Waals surface area contributed by atoms with Crippen LogP contribution in [0.25, 0.3) is 0 Å². The van der Waals surface area contributed by atoms with Gasteiger partial charge in [-0.3, -0.25) is 9.78 Å². The number of carbonyl (C=O) groups excluding carboxylic acids is 1. The number of amides is 1. The van der Waals surface area contributed by atoms with Crippen molar-refractivity contribution in [3.05, 3.63) is 24.0 Å². The molecule has 0 spiro atoms. The largest absolute Gasteiger partial charge is 0.391 e. The van der Waals surface area contributed by atoms with Gasteiger partial charge in [-0.2, -0.15) is 13.2 Å². The Kier molecular flexibility index (Phi) is 5.14. The predicted octanol–water partition coefficient (Wildman–Crippen LogP) is 2.58. The molecule has 0 bridgehead atoms. The third-order valence-electron chi connectivity index (χ3n) is 2.28. The van der Waals surface area contributed by atoms with E-state index in [-0.39, 0.29) is 11.6 Å². The smallest absolute Gasteiger partial charge is 0.382 e. The van der Waals surface area contributed by atoms with E-state index in [0.717, 1.165) is 0 Å². The standard InChI is InChI=1S/C12H16F3N3O/c1-3-16-11(19)10-6-9(4-5-17-10)18-8(2)7-12(13,14)15/h4-6,8H,3,7H2,1-2H3,(H,16,19)(H,17,18). The molecule has 4 nitrogen and oxygen atoms in total. The van der Waals surface area contributed by atoms with E-state index in [0.29, 0.717) is 12.2 Å². The number of rotatable bonds is 5. The summed E-state index contributed by atoms with van der Waals surface area (Å²) >= 11 is 0. The molecule has 0 aliphatic heterocycles. The number of aromatic nitrogens is 1. The van der Waals surface area contributed by atoms with Gasteiger partial charge in [0.2, 0.25) is 0 Å². The Labute approximate surface area is 109 Å². The Bertz CT molecular complexity index is 434. The van der Waals surface area contributed by atoms with E-state index in [1.54, 1.807) is 6.92 Å². The molecule has 1 heterocycles. The fraction of sp³-hybridized carbons (Fsp3) is 0.500. The highest BCUT2D eigenvalue weighted by Gasteiger charge is 2.29. The molecule has 1 aromatic rings. The van der Waals surface area contributed by atoms with Crippen molar-refractivity contribution >= 4 is 11.6 Å². The van der Waals surface area contributed by atoms with Crippen LogP contribution in [0.15, 0.2) is 18.3 Å². The molecule has 0 saturated heterocycles. The van der Waals surface area contributed by atoms with Crippen molar-refractivity contribution in [3.63, 3.8) is 0 Å². The number of pyridine rings is 1. The van der Waals surface area contributed by atoms with Gasteiger partial charge in [-0.15, -0.1) is 0 Å². The Hall–Kier alpha value is -1.79. The predicted molar refractivity (Wildman–Crippen MR) is 66.0 cm³/mol. The SMILES string of the molecule is CCNC(=O)c1cc(NC(C)CC(F)(F)F)ccn1. The molecule has 106 valence electrons. The van der Waals surface area contributed by atoms with Crippen molar-refractivity contribution in [1.29, 1.82) is 0 Å². The zero-order valence-electron chi connectivity index (χ0n) is 10.7. The number of hydrogen-bond acceptors (Lipinski definition) is 3. The Morgan fingerprint density at radius 3 is 2.74 bits per heavy atom. The molecule has 7 heteroatoms. The Morgan fingerprint density at radius 2 is 2.16 bits per heavy atom. The summed E-state index contributed by atoms with van der Waals surface area (Å²) < 4.78 is 36.6. The Balaban J connectivity index is 2.69. The molecule has 19 heavy (non-hydrogen) atoms. The zero-order valence-corrected chi connectivity index (χ0v) is 10.7. The van der Waals surface area contributed by atoms with Crippen LogP contribution in [0.3, 0.4) is 0 Å². The van der Waals surface area contributed by atoms with E-state index in [1.165, 1.54) is 25.3 Å². The van der Waals surface area contributed by atoms with Gasteiger partial charge >= 0.3 is 6.18 Å². The first-order valence-corrected chi connectivity index (χ1v) is 5.89. The lowest BCUT2D eigenvalue weighted by atomic mass is 10.2. The van der Waals surface area contributed by atoms with Crippen LogP contribution < -0.4 is 10.6 Å². The fourth-order valence-electron chi connectivity index (χ4n) is 1.58. The van der Waals surface area contributed by atoms with Crippen molar-refractivity contribution in [2.45, 2.75) is 32.5 Å². The van der Waals surface area contributed by atoms with Crippen LogP contribution in [-0.2, 0) is 0 Å². The van der Waals surface area contributed by atoms with Crippen molar-refractivity contribution in [3.8, 4) is 0 Å². The second-order valence-electron chi connectivity index (χ2n) is 4.15. The van der Waals surface area contributed by atoms with Gasteiger partial charge < -0.3 is 10.6 Å². The highest BCUT2D eigenvalue weighted by molar-refractivity contribution is 5.93. The van der Waals surface area contributed by atoms with E-state index < -0.39 is 18.6 Å². The monoisotopic (exact) mass is 275 g/mol. The molecule has 0 saturated carbocycles. The number of nitrogens with zero attached hydrogens (tertiary/aromatic N) is 1. The number of hydrogen-bond donors (Lipinski definition) is 2. The van der Waals surface area contributed by atoms with Gasteiger partial charge in [0, 0.05) is 24.5 Å². The van der Waals surface area contributed by atoms with E-state index >= 15 is 0 Å². The van der Waals surface area contributed by atoms with Crippen molar-refractivity contribution in [1.82, 2.24) is 10.3 Å². The van der Waals surface area contributed by atoms with Crippen molar-refractivity contribution in [2.24, 2.45) is 0 Å². The molecule has 1 rings (SSSR count). The zero-order chi connectivity index (χ0) is 14.5. The maximum atomic E-state index is 12.2. The summed E-state index contributed by atoms with van der Waals surface area (Å²) in [5.41, 5.74) is 0.610. The quantitative estimate of drug-likeness (QED) is 0.868. The van der Waals surface area contributed by atoms with Crippen molar-refractivity contribution in [2.75, 3.05) is 11.9 Å². The maximum absolute atomic E-state index is 12.2. The van der Waals surface area contributed by atoms with E-state index in [4.69, 9.17) is 0 Å². The molecular weight excluding hydrogens is 259 g/mol. The molecule has 1 unspecified atom stereocenters. The minimum absolute atomic E-state index is 0.172. The van der Waals surface area contributed by atoms with Crippen LogP contribution in [0.1, 0.15) is 30.8 Å². The summed E-state index contributed by atoms with van der Waals surface area (Å²) in [6, 6.07) is 2.18. The molecule has 1 atom stereocenters. The van der Waals surface area contributed by atoms with Crippen LogP contribution in [0.5, 0.6) is 0 Å². The lowest BCUT2D eigenvalue weighted by Crippen LogP contribution is -2.25. The number of nitrogens with one attached hydrogen (secondary N) is 2. The average Bonchev–Trinajstić information content (AvgIpc) is 2.27. The molecule has 1 amide bonds. The number of carbonyl (C=O) groups is 1. The maximum Gasteiger partial charge on any atom is 0.391 e. The molecule has 0 fully saturated rings. The van der Waals surface area contributed by atoms with Gasteiger partial charge in [-0.1, -0.05) is 0 Å². The van der Waals surface area contributed by atoms with Gasteiger partial charge in [0.1, 0.15) is 5.69 Å². The summed E-state index contributed by atoms with van der Waals surface area (Å²) in [6.45, 7) is 3.66. The summed E-state index contributed by atoms with van der Waals surface area (Å²) in [7, 11) is 0. The molecule has 0 aromatic carbocycles. The van der Waals surface area contributed by atoms with Gasteiger partial charge in [0.05, 0.1) is 6.42 Å². The first-order chi connectivity index (χ1) is 8.81. The highest BCUT2D eigenvalue weighted by atomic mass is 19.4. The number of alkyl halides is 3. The normalized spacial score (nSPS) is 12.9. The molecule has 0 aliphatic carbocycles. The summed E-state index contributed by atoms with van der Waals surface area (Å²) in [5, 5.41) is 5.27. The van der Waals surface area contributed by atoms with Crippen LogP contribution in [0, 0.1) is 0 Å².